The van der Waals surface area contributed by atoms with E-state index in [0.717, 1.165) is 69.6 Å². The molecule has 0 aromatic carbocycles. The zero-order chi connectivity index (χ0) is 39.7. The van der Waals surface area contributed by atoms with Gasteiger partial charge in [-0.2, -0.15) is 0 Å². The normalized spacial score (nSPS) is 12.1. The molecule has 0 aliphatic rings. The van der Waals surface area contributed by atoms with Crippen molar-refractivity contribution in [2.75, 3.05) is 13.2 Å². The molecule has 0 aliphatic heterocycles. The fraction of sp³-hybridized carbons (Fsp3) is 0.938. The minimum atomic E-state index is -0.760. The molecule has 0 aliphatic carbocycles. The topological polar surface area (TPSA) is 78.9 Å². The summed E-state index contributed by atoms with van der Waals surface area (Å²) in [5.41, 5.74) is 0. The Hall–Kier alpha value is -1.59. The Labute approximate surface area is 336 Å². The maximum absolute atomic E-state index is 12.7. The van der Waals surface area contributed by atoms with Gasteiger partial charge in [0.1, 0.15) is 13.2 Å². The minimum Gasteiger partial charge on any atom is -0.462 e. The van der Waals surface area contributed by atoms with Gasteiger partial charge in [0.2, 0.25) is 0 Å². The SMILES string of the molecule is CCCCCCCCCCCC(=O)OC[C@@H](COC(=O)CCCCCCCCCC(C)C)OC(=O)CCCCCCCCCCCCCCCCC(C)C. The zero-order valence-corrected chi connectivity index (χ0v) is 36.8. The van der Waals surface area contributed by atoms with Gasteiger partial charge in [-0.05, 0) is 31.1 Å². The maximum atomic E-state index is 12.7. The Morgan fingerprint density at radius 3 is 0.907 bits per heavy atom. The van der Waals surface area contributed by atoms with E-state index in [2.05, 4.69) is 34.6 Å². The highest BCUT2D eigenvalue weighted by Crippen LogP contribution is 2.17. The smallest absolute Gasteiger partial charge is 0.306 e. The minimum absolute atomic E-state index is 0.0651. The molecule has 0 heterocycles. The summed E-state index contributed by atoms with van der Waals surface area (Å²) in [5.74, 6) is 0.766. The van der Waals surface area contributed by atoms with Crippen molar-refractivity contribution in [3.8, 4) is 0 Å². The van der Waals surface area contributed by atoms with Gasteiger partial charge in [-0.3, -0.25) is 14.4 Å². The van der Waals surface area contributed by atoms with Gasteiger partial charge in [-0.1, -0.05) is 221 Å². The highest BCUT2D eigenvalue weighted by Gasteiger charge is 2.19. The lowest BCUT2D eigenvalue weighted by molar-refractivity contribution is -0.167. The van der Waals surface area contributed by atoms with Crippen LogP contribution in [0.15, 0.2) is 0 Å². The zero-order valence-electron chi connectivity index (χ0n) is 36.8. The largest absolute Gasteiger partial charge is 0.462 e. The average Bonchev–Trinajstić information content (AvgIpc) is 3.14. The Morgan fingerprint density at radius 1 is 0.352 bits per heavy atom. The van der Waals surface area contributed by atoms with Crippen molar-refractivity contribution in [3.05, 3.63) is 0 Å². The van der Waals surface area contributed by atoms with Crippen LogP contribution in [0.25, 0.3) is 0 Å². The first kappa shape index (κ1) is 52.4. The highest BCUT2D eigenvalue weighted by atomic mass is 16.6. The van der Waals surface area contributed by atoms with Gasteiger partial charge in [0.05, 0.1) is 0 Å². The fourth-order valence-corrected chi connectivity index (χ4v) is 7.11. The van der Waals surface area contributed by atoms with Crippen LogP contribution in [-0.2, 0) is 28.6 Å². The molecule has 0 radical (unpaired) electrons. The van der Waals surface area contributed by atoms with Crippen LogP contribution in [0.2, 0.25) is 0 Å². The Morgan fingerprint density at radius 2 is 0.611 bits per heavy atom. The molecule has 54 heavy (non-hydrogen) atoms. The quantitative estimate of drug-likeness (QED) is 0.0350. The number of carbonyl (C=O) groups excluding carboxylic acids is 3. The summed E-state index contributed by atoms with van der Waals surface area (Å²) in [5, 5.41) is 0. The van der Waals surface area contributed by atoms with E-state index in [4.69, 9.17) is 14.2 Å². The Bertz CT molecular complexity index is 824. The second kappa shape index (κ2) is 41.1. The van der Waals surface area contributed by atoms with Gasteiger partial charge < -0.3 is 14.2 Å². The Kier molecular flexibility index (Phi) is 39.8. The van der Waals surface area contributed by atoms with Crippen molar-refractivity contribution >= 4 is 17.9 Å². The van der Waals surface area contributed by atoms with Crippen molar-refractivity contribution in [1.82, 2.24) is 0 Å². The molecule has 0 N–H and O–H groups in total. The van der Waals surface area contributed by atoms with Crippen LogP contribution in [0.5, 0.6) is 0 Å². The lowest BCUT2D eigenvalue weighted by atomic mass is 10.0. The molecule has 0 unspecified atom stereocenters. The average molecular weight is 765 g/mol. The standard InChI is InChI=1S/C48H92O6/c1-6-7-8-9-10-17-23-28-33-38-46(49)52-41-45(42-53-47(50)39-34-29-25-20-22-27-32-37-44(4)5)54-48(51)40-35-30-24-19-16-14-12-11-13-15-18-21-26-31-36-43(2)3/h43-45H,6-42H2,1-5H3/t45-/m0/s1. The maximum Gasteiger partial charge on any atom is 0.306 e. The molecule has 0 bridgehead atoms. The van der Waals surface area contributed by atoms with Crippen LogP contribution >= 0.6 is 0 Å². The van der Waals surface area contributed by atoms with Crippen LogP contribution in [0.4, 0.5) is 0 Å². The molecule has 0 aromatic heterocycles. The number of esters is 3. The monoisotopic (exact) mass is 765 g/mol. The third-order valence-corrected chi connectivity index (χ3v) is 10.7. The number of rotatable bonds is 42. The van der Waals surface area contributed by atoms with E-state index >= 15 is 0 Å². The van der Waals surface area contributed by atoms with Gasteiger partial charge in [-0.25, -0.2) is 0 Å². The molecule has 0 spiro atoms. The van der Waals surface area contributed by atoms with E-state index in [0.29, 0.717) is 19.3 Å². The van der Waals surface area contributed by atoms with E-state index in [1.54, 1.807) is 0 Å². The summed E-state index contributed by atoms with van der Waals surface area (Å²) in [4.78, 5) is 37.7. The number of carbonyl (C=O) groups is 3. The van der Waals surface area contributed by atoms with Crippen molar-refractivity contribution in [3.63, 3.8) is 0 Å². The molecular weight excluding hydrogens is 673 g/mol. The molecule has 0 rings (SSSR count). The molecule has 6 nitrogen and oxygen atoms in total. The molecule has 0 aromatic rings. The second-order valence-corrected chi connectivity index (χ2v) is 17.3. The van der Waals surface area contributed by atoms with Gasteiger partial charge in [0, 0.05) is 19.3 Å². The molecule has 1 atom stereocenters. The number of unbranched alkanes of at least 4 members (excludes halogenated alkanes) is 27. The van der Waals surface area contributed by atoms with Crippen LogP contribution < -0.4 is 0 Å². The van der Waals surface area contributed by atoms with Crippen LogP contribution in [0.1, 0.15) is 259 Å². The number of ether oxygens (including phenoxy) is 3. The predicted octanol–water partition coefficient (Wildman–Crippen LogP) is 15.0. The highest BCUT2D eigenvalue weighted by molar-refractivity contribution is 5.71. The molecule has 0 amide bonds. The fourth-order valence-electron chi connectivity index (χ4n) is 7.11. The number of hydrogen-bond donors (Lipinski definition) is 0. The second-order valence-electron chi connectivity index (χ2n) is 17.3. The van der Waals surface area contributed by atoms with E-state index < -0.39 is 6.10 Å². The van der Waals surface area contributed by atoms with Crippen molar-refractivity contribution < 1.29 is 28.6 Å². The summed E-state index contributed by atoms with van der Waals surface area (Å²) in [7, 11) is 0. The first-order valence-electron chi connectivity index (χ1n) is 23.7. The van der Waals surface area contributed by atoms with Crippen molar-refractivity contribution in [2.24, 2.45) is 11.8 Å². The summed E-state index contributed by atoms with van der Waals surface area (Å²) in [6.45, 7) is 11.3. The van der Waals surface area contributed by atoms with E-state index in [-0.39, 0.29) is 31.1 Å². The summed E-state index contributed by atoms with van der Waals surface area (Å²) in [6.07, 6.45) is 39.6. The molecule has 0 fully saturated rings. The Balaban J connectivity index is 4.27. The predicted molar refractivity (Wildman–Crippen MR) is 229 cm³/mol. The molecule has 0 saturated carbocycles. The molecule has 0 saturated heterocycles. The van der Waals surface area contributed by atoms with Gasteiger partial charge >= 0.3 is 17.9 Å². The first-order valence-corrected chi connectivity index (χ1v) is 23.7. The lowest BCUT2D eigenvalue weighted by Crippen LogP contribution is -2.30. The third-order valence-electron chi connectivity index (χ3n) is 10.7. The van der Waals surface area contributed by atoms with Gasteiger partial charge in [0.25, 0.3) is 0 Å². The molecule has 320 valence electrons. The molecule has 6 heteroatoms. The molecular formula is C48H92O6. The van der Waals surface area contributed by atoms with Crippen LogP contribution in [0, 0.1) is 11.8 Å². The number of hydrogen-bond acceptors (Lipinski definition) is 6. The third kappa shape index (κ3) is 41.6. The van der Waals surface area contributed by atoms with Gasteiger partial charge in [0.15, 0.2) is 6.10 Å². The van der Waals surface area contributed by atoms with Crippen molar-refractivity contribution in [2.45, 2.75) is 265 Å². The summed E-state index contributed by atoms with van der Waals surface area (Å²) in [6, 6.07) is 0. The first-order chi connectivity index (χ1) is 26.2. The lowest BCUT2D eigenvalue weighted by Gasteiger charge is -2.18. The van der Waals surface area contributed by atoms with E-state index in [9.17, 15) is 14.4 Å². The summed E-state index contributed by atoms with van der Waals surface area (Å²) >= 11 is 0. The van der Waals surface area contributed by atoms with Gasteiger partial charge in [-0.15, -0.1) is 0 Å². The van der Waals surface area contributed by atoms with E-state index in [1.165, 1.54) is 148 Å². The van der Waals surface area contributed by atoms with E-state index in [1.807, 2.05) is 0 Å². The van der Waals surface area contributed by atoms with Crippen molar-refractivity contribution in [1.29, 1.82) is 0 Å². The summed E-state index contributed by atoms with van der Waals surface area (Å²) < 4.78 is 16.7. The van der Waals surface area contributed by atoms with Crippen LogP contribution in [-0.4, -0.2) is 37.2 Å². The van der Waals surface area contributed by atoms with Crippen LogP contribution in [0.3, 0.4) is 0 Å².